The third-order valence-corrected chi connectivity index (χ3v) is 3.01. The smallest absolute Gasteiger partial charge is 0.320 e. The van der Waals surface area contributed by atoms with Gasteiger partial charge in [-0.25, -0.2) is 0 Å². The average Bonchev–Trinajstić information content (AvgIpc) is 2.41. The highest BCUT2D eigenvalue weighted by atomic mass is 16.4. The number of hydrogen-bond donors (Lipinski definition) is 2. The Morgan fingerprint density at radius 3 is 3.00 bits per heavy atom. The van der Waals surface area contributed by atoms with Crippen LogP contribution in [0.4, 0.5) is 0 Å². The minimum atomic E-state index is -0.667. The van der Waals surface area contributed by atoms with Crippen LogP contribution >= 0.6 is 0 Å². The summed E-state index contributed by atoms with van der Waals surface area (Å²) in [5.41, 5.74) is 0. The van der Waals surface area contributed by atoms with Crippen LogP contribution < -0.4 is 5.32 Å². The topological polar surface area (TPSA) is 49.3 Å². The standard InChI is InChI=1S/C8H13NO2/c10-8(11)7-6-3-1-2-5(6)4-9-7/h5-7,9H,1-4H2,(H,10,11)/t5?,6-,7?/m0/s1. The van der Waals surface area contributed by atoms with Gasteiger partial charge in [0.15, 0.2) is 0 Å². The molecule has 0 bridgehead atoms. The van der Waals surface area contributed by atoms with Crippen LogP contribution in [0, 0.1) is 11.8 Å². The number of nitrogens with one attached hydrogen (secondary N) is 1. The number of aliphatic carboxylic acids is 1. The lowest BCUT2D eigenvalue weighted by Crippen LogP contribution is -2.35. The summed E-state index contributed by atoms with van der Waals surface area (Å²) in [5.74, 6) is 0.406. The molecule has 3 atom stereocenters. The zero-order valence-electron chi connectivity index (χ0n) is 6.42. The van der Waals surface area contributed by atoms with Crippen LogP contribution in [0.2, 0.25) is 0 Å². The largest absolute Gasteiger partial charge is 0.480 e. The highest BCUT2D eigenvalue weighted by Gasteiger charge is 2.42. The molecule has 0 spiro atoms. The second kappa shape index (κ2) is 2.48. The van der Waals surface area contributed by atoms with E-state index in [1.807, 2.05) is 0 Å². The van der Waals surface area contributed by atoms with E-state index in [0.717, 1.165) is 13.0 Å². The van der Waals surface area contributed by atoms with E-state index in [9.17, 15) is 4.79 Å². The van der Waals surface area contributed by atoms with Crippen molar-refractivity contribution in [2.75, 3.05) is 6.54 Å². The van der Waals surface area contributed by atoms with Gasteiger partial charge < -0.3 is 10.4 Å². The molecule has 1 aliphatic carbocycles. The first-order valence-corrected chi connectivity index (χ1v) is 4.25. The van der Waals surface area contributed by atoms with Crippen molar-refractivity contribution in [1.82, 2.24) is 5.32 Å². The summed E-state index contributed by atoms with van der Waals surface area (Å²) in [6, 6.07) is -0.248. The maximum atomic E-state index is 10.7. The molecule has 11 heavy (non-hydrogen) atoms. The van der Waals surface area contributed by atoms with Crippen LogP contribution in [0.25, 0.3) is 0 Å². The Morgan fingerprint density at radius 2 is 2.27 bits per heavy atom. The van der Waals surface area contributed by atoms with Crippen LogP contribution in [-0.4, -0.2) is 23.7 Å². The van der Waals surface area contributed by atoms with E-state index in [0.29, 0.717) is 11.8 Å². The van der Waals surface area contributed by atoms with E-state index in [-0.39, 0.29) is 6.04 Å². The van der Waals surface area contributed by atoms with Gasteiger partial charge in [-0.1, -0.05) is 6.42 Å². The summed E-state index contributed by atoms with van der Waals surface area (Å²) < 4.78 is 0. The zero-order chi connectivity index (χ0) is 7.84. The lowest BCUT2D eigenvalue weighted by Gasteiger charge is -2.12. The normalized spacial score (nSPS) is 42.4. The monoisotopic (exact) mass is 155 g/mol. The van der Waals surface area contributed by atoms with Gasteiger partial charge in [0.05, 0.1) is 0 Å². The highest BCUT2D eigenvalue weighted by molar-refractivity contribution is 5.74. The van der Waals surface area contributed by atoms with Crippen LogP contribution in [-0.2, 0) is 4.79 Å². The van der Waals surface area contributed by atoms with Crippen molar-refractivity contribution in [3.8, 4) is 0 Å². The Bertz CT molecular complexity index is 181. The van der Waals surface area contributed by atoms with Gasteiger partial charge in [0.1, 0.15) is 6.04 Å². The van der Waals surface area contributed by atoms with Gasteiger partial charge in [0.2, 0.25) is 0 Å². The molecule has 1 aliphatic heterocycles. The molecule has 2 N–H and O–H groups in total. The molecule has 0 radical (unpaired) electrons. The highest BCUT2D eigenvalue weighted by Crippen LogP contribution is 2.37. The van der Waals surface area contributed by atoms with E-state index in [1.54, 1.807) is 0 Å². The van der Waals surface area contributed by atoms with E-state index < -0.39 is 5.97 Å². The van der Waals surface area contributed by atoms with E-state index >= 15 is 0 Å². The zero-order valence-corrected chi connectivity index (χ0v) is 6.42. The number of carbonyl (C=O) groups is 1. The molecular formula is C8H13NO2. The third-order valence-electron chi connectivity index (χ3n) is 3.01. The van der Waals surface area contributed by atoms with Gasteiger partial charge in [-0.15, -0.1) is 0 Å². The third kappa shape index (κ3) is 1.03. The molecule has 1 heterocycles. The summed E-state index contributed by atoms with van der Waals surface area (Å²) in [7, 11) is 0. The SMILES string of the molecule is O=C(O)C1NCC2CCC[C@@H]21. The van der Waals surface area contributed by atoms with Crippen molar-refractivity contribution in [3.05, 3.63) is 0 Å². The summed E-state index contributed by atoms with van der Waals surface area (Å²) in [6.45, 7) is 0.918. The van der Waals surface area contributed by atoms with E-state index in [4.69, 9.17) is 5.11 Å². The Labute approximate surface area is 65.8 Å². The molecule has 0 aromatic rings. The molecule has 3 nitrogen and oxygen atoms in total. The number of hydrogen-bond acceptors (Lipinski definition) is 2. The molecule has 0 aromatic heterocycles. The molecule has 2 fully saturated rings. The van der Waals surface area contributed by atoms with Crippen LogP contribution in [0.1, 0.15) is 19.3 Å². The molecule has 2 rings (SSSR count). The molecule has 2 unspecified atom stereocenters. The second-order valence-corrected chi connectivity index (χ2v) is 3.58. The average molecular weight is 155 g/mol. The van der Waals surface area contributed by atoms with Gasteiger partial charge in [-0.2, -0.15) is 0 Å². The van der Waals surface area contributed by atoms with Crippen molar-refractivity contribution in [1.29, 1.82) is 0 Å². The van der Waals surface area contributed by atoms with Crippen LogP contribution in [0.3, 0.4) is 0 Å². The summed E-state index contributed by atoms with van der Waals surface area (Å²) in [5, 5.41) is 11.9. The summed E-state index contributed by atoms with van der Waals surface area (Å²) in [4.78, 5) is 10.7. The molecule has 62 valence electrons. The number of carboxylic acids is 1. The molecule has 1 saturated carbocycles. The first kappa shape index (κ1) is 7.10. The Morgan fingerprint density at radius 1 is 1.45 bits per heavy atom. The molecule has 0 aromatic carbocycles. The predicted octanol–water partition coefficient (Wildman–Crippen LogP) is 0.459. The fraction of sp³-hybridized carbons (Fsp3) is 0.875. The van der Waals surface area contributed by atoms with Crippen molar-refractivity contribution in [2.24, 2.45) is 11.8 Å². The van der Waals surface area contributed by atoms with Gasteiger partial charge >= 0.3 is 5.97 Å². The summed E-state index contributed by atoms with van der Waals surface area (Å²) >= 11 is 0. The van der Waals surface area contributed by atoms with E-state index in [1.165, 1.54) is 12.8 Å². The fourth-order valence-electron chi connectivity index (χ4n) is 2.46. The quantitative estimate of drug-likeness (QED) is 0.578. The number of carboxylic acid groups (broad SMARTS) is 1. The Balaban J connectivity index is 2.08. The van der Waals surface area contributed by atoms with Gasteiger partial charge in [-0.05, 0) is 31.2 Å². The van der Waals surface area contributed by atoms with Gasteiger partial charge in [0.25, 0.3) is 0 Å². The molecule has 3 heteroatoms. The second-order valence-electron chi connectivity index (χ2n) is 3.58. The van der Waals surface area contributed by atoms with Crippen LogP contribution in [0.15, 0.2) is 0 Å². The molecule has 2 aliphatic rings. The van der Waals surface area contributed by atoms with Gasteiger partial charge in [-0.3, -0.25) is 4.79 Å². The minimum absolute atomic E-state index is 0.248. The fourth-order valence-corrected chi connectivity index (χ4v) is 2.46. The lowest BCUT2D eigenvalue weighted by atomic mass is 9.94. The molecule has 1 saturated heterocycles. The van der Waals surface area contributed by atoms with Gasteiger partial charge in [0, 0.05) is 0 Å². The van der Waals surface area contributed by atoms with Crippen LogP contribution in [0.5, 0.6) is 0 Å². The van der Waals surface area contributed by atoms with Crippen molar-refractivity contribution in [3.63, 3.8) is 0 Å². The predicted molar refractivity (Wildman–Crippen MR) is 40.3 cm³/mol. The van der Waals surface area contributed by atoms with Crippen molar-refractivity contribution < 1.29 is 9.90 Å². The number of rotatable bonds is 1. The lowest BCUT2D eigenvalue weighted by molar-refractivity contribution is -0.140. The molecular weight excluding hydrogens is 142 g/mol. The van der Waals surface area contributed by atoms with Crippen molar-refractivity contribution in [2.45, 2.75) is 25.3 Å². The number of fused-ring (bicyclic) bond motifs is 1. The first-order chi connectivity index (χ1) is 5.29. The Hall–Kier alpha value is -0.570. The summed E-state index contributed by atoms with van der Waals surface area (Å²) in [6.07, 6.45) is 3.55. The van der Waals surface area contributed by atoms with E-state index in [2.05, 4.69) is 5.32 Å². The van der Waals surface area contributed by atoms with Crippen molar-refractivity contribution >= 4 is 5.97 Å². The Kier molecular flexibility index (Phi) is 1.60. The minimum Gasteiger partial charge on any atom is -0.480 e. The maximum absolute atomic E-state index is 10.7. The first-order valence-electron chi connectivity index (χ1n) is 4.25. The maximum Gasteiger partial charge on any atom is 0.320 e. The molecule has 0 amide bonds.